The largest absolute Gasteiger partial charge is 0.475 e. The normalized spacial score (nSPS) is 19.4. The summed E-state index contributed by atoms with van der Waals surface area (Å²) in [6.07, 6.45) is 3.27. The van der Waals surface area contributed by atoms with Crippen LogP contribution in [0.1, 0.15) is 31.3 Å². The molecule has 0 aliphatic carbocycles. The van der Waals surface area contributed by atoms with Gasteiger partial charge in [0.1, 0.15) is 18.1 Å². The van der Waals surface area contributed by atoms with Crippen LogP contribution in [0.15, 0.2) is 35.4 Å². The van der Waals surface area contributed by atoms with Crippen LogP contribution in [0.2, 0.25) is 0 Å². The van der Waals surface area contributed by atoms with Crippen LogP contribution in [0, 0.1) is 5.92 Å². The van der Waals surface area contributed by atoms with Gasteiger partial charge in [0.25, 0.3) is 0 Å². The van der Waals surface area contributed by atoms with E-state index in [4.69, 9.17) is 9.84 Å². The molecule has 2 aliphatic rings. The average Bonchev–Trinajstić information content (AvgIpc) is 3.16. The minimum atomic E-state index is 0.312. The van der Waals surface area contributed by atoms with Gasteiger partial charge in [-0.25, -0.2) is 0 Å². The van der Waals surface area contributed by atoms with E-state index >= 15 is 0 Å². The number of nitrogens with one attached hydrogen (secondary N) is 1. The number of hydrogen-bond acceptors (Lipinski definition) is 4. The number of hydrogen-bond donors (Lipinski definition) is 1. The van der Waals surface area contributed by atoms with Crippen LogP contribution < -0.4 is 9.75 Å². The maximum atomic E-state index is 5.83. The average molecular weight is 296 g/mol. The first-order valence-corrected chi connectivity index (χ1v) is 7.98. The highest BCUT2D eigenvalue weighted by Gasteiger charge is 2.36. The topological polar surface area (TPSA) is 53.5 Å². The summed E-state index contributed by atoms with van der Waals surface area (Å²) in [5, 5.41) is 6.87. The Morgan fingerprint density at radius 3 is 3.00 bits per heavy atom. The third-order valence-electron chi connectivity index (χ3n) is 4.23. The number of anilines is 1. The number of para-hydroxylation sites is 1. The highest BCUT2D eigenvalue weighted by atomic mass is 16.5. The molecule has 1 N–H and O–H groups in total. The second-order valence-corrected chi connectivity index (χ2v) is 5.88. The second-order valence-electron chi connectivity index (χ2n) is 5.88. The fourth-order valence-corrected chi connectivity index (χ4v) is 3.02. The number of hydrazone groups is 1. The lowest BCUT2D eigenvalue weighted by molar-refractivity contribution is 0.270. The van der Waals surface area contributed by atoms with Gasteiger partial charge in [0, 0.05) is 6.42 Å². The van der Waals surface area contributed by atoms with Gasteiger partial charge in [-0.2, -0.15) is 10.1 Å². The molecule has 1 unspecified atom stereocenters. The lowest BCUT2D eigenvalue weighted by Gasteiger charge is -2.18. The van der Waals surface area contributed by atoms with Crippen LogP contribution in [0.25, 0.3) is 0 Å². The molecular weight excluding hydrogens is 276 g/mol. The van der Waals surface area contributed by atoms with E-state index in [2.05, 4.69) is 34.0 Å². The number of rotatable bonds is 4. The third-order valence-corrected chi connectivity index (χ3v) is 4.23. The van der Waals surface area contributed by atoms with E-state index < -0.39 is 0 Å². The summed E-state index contributed by atoms with van der Waals surface area (Å²) in [5.74, 6) is 2.04. The van der Waals surface area contributed by atoms with Crippen molar-refractivity contribution in [1.82, 2.24) is 9.97 Å². The molecule has 1 atom stereocenters. The number of benzene rings is 1. The van der Waals surface area contributed by atoms with Gasteiger partial charge in [0.2, 0.25) is 5.88 Å². The monoisotopic (exact) mass is 296 g/mol. The summed E-state index contributed by atoms with van der Waals surface area (Å²) in [5.41, 5.74) is 3.18. The van der Waals surface area contributed by atoms with Crippen LogP contribution in [0.4, 0.5) is 5.69 Å². The first kappa shape index (κ1) is 13.4. The molecule has 0 amide bonds. The molecule has 1 aromatic heterocycles. The molecule has 2 aromatic rings. The number of unbranched alkanes of at least 4 members (excludes halogenated alkanes) is 1. The Morgan fingerprint density at radius 2 is 2.18 bits per heavy atom. The summed E-state index contributed by atoms with van der Waals surface area (Å²) in [4.78, 5) is 7.99. The number of nitrogens with zero attached hydrogens (tertiary/aromatic N) is 3. The van der Waals surface area contributed by atoms with Crippen molar-refractivity contribution in [3.05, 3.63) is 41.9 Å². The number of ether oxygens (including phenoxy) is 1. The number of aryl methyl sites for hydroxylation is 1. The molecule has 5 nitrogen and oxygen atoms in total. The van der Waals surface area contributed by atoms with Gasteiger partial charge in [0.15, 0.2) is 0 Å². The molecule has 0 fully saturated rings. The molecule has 0 radical (unpaired) electrons. The molecule has 2 aliphatic heterocycles. The molecule has 0 spiro atoms. The Bertz CT molecular complexity index is 692. The lowest BCUT2D eigenvalue weighted by atomic mass is 10.0. The Labute approximate surface area is 130 Å². The van der Waals surface area contributed by atoms with Gasteiger partial charge in [-0.15, -0.1) is 0 Å². The summed E-state index contributed by atoms with van der Waals surface area (Å²) >= 11 is 0. The van der Waals surface area contributed by atoms with Crippen LogP contribution in [-0.2, 0) is 6.42 Å². The second kappa shape index (κ2) is 5.48. The Kier molecular flexibility index (Phi) is 3.33. The van der Waals surface area contributed by atoms with Gasteiger partial charge in [-0.05, 0) is 18.6 Å². The van der Waals surface area contributed by atoms with Gasteiger partial charge in [-0.3, -0.25) is 5.01 Å². The lowest BCUT2D eigenvalue weighted by Crippen LogP contribution is -2.29. The summed E-state index contributed by atoms with van der Waals surface area (Å²) in [6, 6.07) is 10.3. The van der Waals surface area contributed by atoms with Gasteiger partial charge in [-0.1, -0.05) is 31.5 Å². The Hall–Kier alpha value is -2.30. The maximum Gasteiger partial charge on any atom is 0.241 e. The predicted molar refractivity (Wildman–Crippen MR) is 86.5 cm³/mol. The van der Waals surface area contributed by atoms with E-state index in [1.807, 2.05) is 18.2 Å². The number of H-pyrrole nitrogens is 1. The van der Waals surface area contributed by atoms with Crippen molar-refractivity contribution in [1.29, 1.82) is 0 Å². The molecule has 0 saturated carbocycles. The van der Waals surface area contributed by atoms with E-state index in [0.29, 0.717) is 12.5 Å². The molecule has 4 rings (SSSR count). The Balaban J connectivity index is 1.63. The Morgan fingerprint density at radius 1 is 1.32 bits per heavy atom. The first-order chi connectivity index (χ1) is 10.8. The van der Waals surface area contributed by atoms with E-state index in [1.165, 1.54) is 0 Å². The molecule has 1 aromatic carbocycles. The van der Waals surface area contributed by atoms with Crippen molar-refractivity contribution in [2.75, 3.05) is 18.2 Å². The van der Waals surface area contributed by atoms with Crippen molar-refractivity contribution in [2.24, 2.45) is 11.0 Å². The van der Waals surface area contributed by atoms with E-state index in [9.17, 15) is 0 Å². The zero-order valence-electron chi connectivity index (χ0n) is 12.7. The zero-order chi connectivity index (χ0) is 14.9. The highest BCUT2D eigenvalue weighted by Crippen LogP contribution is 2.32. The van der Waals surface area contributed by atoms with Crippen LogP contribution >= 0.6 is 0 Å². The molecule has 3 heterocycles. The van der Waals surface area contributed by atoms with Crippen LogP contribution in [-0.4, -0.2) is 28.8 Å². The van der Waals surface area contributed by atoms with Crippen LogP contribution in [0.5, 0.6) is 5.88 Å². The number of imidazole rings is 1. The van der Waals surface area contributed by atoms with E-state index in [1.54, 1.807) is 0 Å². The SMILES string of the molecule is CCCCc1nc2c([nH]1)C1=NN(c3ccccc3)CC1CO2. The van der Waals surface area contributed by atoms with Crippen molar-refractivity contribution < 1.29 is 4.74 Å². The smallest absolute Gasteiger partial charge is 0.241 e. The van der Waals surface area contributed by atoms with Gasteiger partial charge >= 0.3 is 0 Å². The third kappa shape index (κ3) is 2.26. The summed E-state index contributed by atoms with van der Waals surface area (Å²) < 4.78 is 5.83. The number of fused-ring (bicyclic) bond motifs is 3. The van der Waals surface area contributed by atoms with E-state index in [-0.39, 0.29) is 0 Å². The summed E-state index contributed by atoms with van der Waals surface area (Å²) in [7, 11) is 0. The molecule has 0 bridgehead atoms. The van der Waals surface area contributed by atoms with Crippen molar-refractivity contribution in [3.8, 4) is 5.88 Å². The molecule has 22 heavy (non-hydrogen) atoms. The number of aromatic nitrogens is 2. The predicted octanol–water partition coefficient (Wildman–Crippen LogP) is 2.99. The van der Waals surface area contributed by atoms with Crippen molar-refractivity contribution in [3.63, 3.8) is 0 Å². The van der Waals surface area contributed by atoms with Crippen LogP contribution in [0.3, 0.4) is 0 Å². The minimum absolute atomic E-state index is 0.312. The highest BCUT2D eigenvalue weighted by molar-refractivity contribution is 6.05. The molecular formula is C17H20N4O. The standard InChI is InChI=1S/C17H20N4O/c1-2-3-9-14-18-16-15-12(11-22-17(16)19-14)10-21(20-15)13-7-5-4-6-8-13/h4-8,12H,2-3,9-11H2,1H3,(H,18,19). The number of aromatic amines is 1. The van der Waals surface area contributed by atoms with E-state index in [0.717, 1.165) is 54.6 Å². The molecule has 114 valence electrons. The van der Waals surface area contributed by atoms with Crippen molar-refractivity contribution >= 4 is 11.4 Å². The maximum absolute atomic E-state index is 5.83. The first-order valence-electron chi connectivity index (χ1n) is 7.98. The quantitative estimate of drug-likeness (QED) is 0.943. The molecule has 5 heteroatoms. The molecule has 0 saturated heterocycles. The fourth-order valence-electron chi connectivity index (χ4n) is 3.02. The van der Waals surface area contributed by atoms with Crippen molar-refractivity contribution in [2.45, 2.75) is 26.2 Å². The van der Waals surface area contributed by atoms with Gasteiger partial charge < -0.3 is 9.72 Å². The summed E-state index contributed by atoms with van der Waals surface area (Å²) in [6.45, 7) is 3.71. The zero-order valence-corrected chi connectivity index (χ0v) is 12.7. The minimum Gasteiger partial charge on any atom is -0.475 e. The van der Waals surface area contributed by atoms with Gasteiger partial charge in [0.05, 0.1) is 23.9 Å². The fraction of sp³-hybridized carbons (Fsp3) is 0.412.